The lowest BCUT2D eigenvalue weighted by Crippen LogP contribution is -2.11. The molecule has 1 aliphatic carbocycles. The Kier molecular flexibility index (Phi) is 3.92. The van der Waals surface area contributed by atoms with Gasteiger partial charge in [0.2, 0.25) is 0 Å². The van der Waals surface area contributed by atoms with Gasteiger partial charge in [-0.2, -0.15) is 0 Å². The Balaban J connectivity index is 1.96. The summed E-state index contributed by atoms with van der Waals surface area (Å²) in [5, 5.41) is 3.20. The van der Waals surface area contributed by atoms with Crippen molar-refractivity contribution in [3.8, 4) is 0 Å². The molecule has 1 aliphatic rings. The first-order chi connectivity index (χ1) is 9.72. The Morgan fingerprint density at radius 3 is 2.40 bits per heavy atom. The molecule has 0 saturated heterocycles. The highest BCUT2D eigenvalue weighted by Crippen LogP contribution is 2.33. The quantitative estimate of drug-likeness (QED) is 0.829. The average molecular weight is 379 g/mol. The van der Waals surface area contributed by atoms with Crippen LogP contribution in [0.4, 0.5) is 5.82 Å². The topological polar surface area (TPSA) is 37.8 Å². The van der Waals surface area contributed by atoms with Gasteiger partial charge in [0.15, 0.2) is 0 Å². The van der Waals surface area contributed by atoms with Gasteiger partial charge in [0, 0.05) is 13.0 Å². The molecule has 20 heavy (non-hydrogen) atoms. The van der Waals surface area contributed by atoms with Crippen LogP contribution in [-0.2, 0) is 19.3 Å². The molecule has 2 aromatic rings. The summed E-state index contributed by atoms with van der Waals surface area (Å²) in [7, 11) is 1.93. The predicted molar refractivity (Wildman–Crippen MR) is 90.3 cm³/mol. The van der Waals surface area contributed by atoms with Crippen molar-refractivity contribution in [1.82, 2.24) is 9.97 Å². The lowest BCUT2D eigenvalue weighted by molar-refractivity contribution is 0.674. The molecule has 0 unspecified atom stereocenters. The summed E-state index contributed by atoms with van der Waals surface area (Å²) in [6, 6.07) is 8.68. The van der Waals surface area contributed by atoms with Gasteiger partial charge in [-0.05, 0) is 53.0 Å². The molecular weight excluding hydrogens is 361 g/mol. The van der Waals surface area contributed by atoms with Crippen LogP contribution in [0, 0.1) is 3.57 Å². The maximum atomic E-state index is 4.81. The van der Waals surface area contributed by atoms with Crippen LogP contribution >= 0.6 is 22.6 Å². The monoisotopic (exact) mass is 379 g/mol. The number of benzene rings is 1. The Hall–Kier alpha value is -1.17. The minimum Gasteiger partial charge on any atom is -0.372 e. The van der Waals surface area contributed by atoms with Crippen molar-refractivity contribution in [2.45, 2.75) is 32.1 Å². The molecule has 1 heterocycles. The lowest BCUT2D eigenvalue weighted by atomic mass is 10.1. The van der Waals surface area contributed by atoms with Gasteiger partial charge in [-0.15, -0.1) is 0 Å². The van der Waals surface area contributed by atoms with E-state index >= 15 is 0 Å². The Bertz CT molecular complexity index is 589. The molecule has 104 valence electrons. The second-order valence-electron chi connectivity index (χ2n) is 5.17. The maximum absolute atomic E-state index is 4.81. The maximum Gasteiger partial charge on any atom is 0.143 e. The summed E-state index contributed by atoms with van der Waals surface area (Å²) in [4.78, 5) is 9.54. The lowest BCUT2D eigenvalue weighted by Gasteiger charge is -2.13. The minimum atomic E-state index is 0.418. The molecular formula is C16H18IN3. The van der Waals surface area contributed by atoms with E-state index in [4.69, 9.17) is 9.97 Å². The van der Waals surface area contributed by atoms with Crippen molar-refractivity contribution in [3.63, 3.8) is 0 Å². The number of fused-ring (bicyclic) bond motifs is 1. The van der Waals surface area contributed by atoms with Crippen LogP contribution in [0.25, 0.3) is 0 Å². The van der Waals surface area contributed by atoms with Gasteiger partial charge >= 0.3 is 0 Å². The predicted octanol–water partition coefficient (Wildman–Crippen LogP) is 3.57. The number of hydrogen-bond donors (Lipinski definition) is 1. The molecule has 1 N–H and O–H groups in total. The van der Waals surface area contributed by atoms with Crippen LogP contribution in [0.15, 0.2) is 24.3 Å². The summed E-state index contributed by atoms with van der Waals surface area (Å²) >= 11 is 2.33. The fraction of sp³-hybridized carbons (Fsp3) is 0.375. The van der Waals surface area contributed by atoms with E-state index in [-0.39, 0.29) is 0 Å². The Morgan fingerprint density at radius 1 is 1.20 bits per heavy atom. The number of aryl methyl sites for hydroxylation is 1. The molecule has 0 atom stereocenters. The Labute approximate surface area is 133 Å². The molecule has 1 aromatic heterocycles. The summed E-state index contributed by atoms with van der Waals surface area (Å²) in [6.07, 6.45) is 3.06. The van der Waals surface area contributed by atoms with Crippen LogP contribution < -0.4 is 5.32 Å². The van der Waals surface area contributed by atoms with Gasteiger partial charge in [-0.25, -0.2) is 9.97 Å². The number of nitrogens with zero attached hydrogens (tertiary/aromatic N) is 2. The van der Waals surface area contributed by atoms with E-state index in [0.717, 1.165) is 40.2 Å². The number of aromatic nitrogens is 2. The van der Waals surface area contributed by atoms with E-state index in [0.29, 0.717) is 5.92 Å². The van der Waals surface area contributed by atoms with Gasteiger partial charge in [0.25, 0.3) is 0 Å². The van der Waals surface area contributed by atoms with E-state index < -0.39 is 0 Å². The molecule has 1 aromatic carbocycles. The van der Waals surface area contributed by atoms with Crippen molar-refractivity contribution in [2.24, 2.45) is 0 Å². The zero-order valence-corrected chi connectivity index (χ0v) is 13.9. The summed E-state index contributed by atoms with van der Waals surface area (Å²) in [5.74, 6) is 2.37. The number of halogens is 1. The fourth-order valence-corrected chi connectivity index (χ4v) is 3.73. The SMILES string of the molecule is CCc1nc(C2Cc3ccccc3C2)nc(NC)c1I. The van der Waals surface area contributed by atoms with E-state index in [9.17, 15) is 0 Å². The molecule has 3 rings (SSSR count). The van der Waals surface area contributed by atoms with E-state index in [2.05, 4.69) is 59.1 Å². The van der Waals surface area contributed by atoms with Gasteiger partial charge < -0.3 is 5.32 Å². The number of nitrogens with one attached hydrogen (secondary N) is 1. The number of hydrogen-bond acceptors (Lipinski definition) is 3. The first kappa shape index (κ1) is 13.8. The van der Waals surface area contributed by atoms with Crippen LogP contribution in [0.3, 0.4) is 0 Å². The molecule has 0 amide bonds. The third-order valence-corrected chi connectivity index (χ3v) is 5.06. The molecule has 0 aliphatic heterocycles. The van der Waals surface area contributed by atoms with Gasteiger partial charge in [-0.1, -0.05) is 31.2 Å². The third-order valence-electron chi connectivity index (χ3n) is 3.92. The minimum absolute atomic E-state index is 0.418. The number of rotatable bonds is 3. The average Bonchev–Trinajstić information content (AvgIpc) is 2.91. The molecule has 3 nitrogen and oxygen atoms in total. The van der Waals surface area contributed by atoms with E-state index in [1.54, 1.807) is 0 Å². The van der Waals surface area contributed by atoms with Crippen molar-refractivity contribution < 1.29 is 0 Å². The van der Waals surface area contributed by atoms with Crippen LogP contribution in [0.1, 0.15) is 35.5 Å². The van der Waals surface area contributed by atoms with Crippen molar-refractivity contribution in [1.29, 1.82) is 0 Å². The van der Waals surface area contributed by atoms with Crippen molar-refractivity contribution in [3.05, 3.63) is 50.5 Å². The highest BCUT2D eigenvalue weighted by atomic mass is 127. The van der Waals surface area contributed by atoms with Gasteiger partial charge in [-0.3, -0.25) is 0 Å². The Morgan fingerprint density at radius 2 is 1.85 bits per heavy atom. The zero-order chi connectivity index (χ0) is 14.1. The first-order valence-electron chi connectivity index (χ1n) is 7.03. The fourth-order valence-electron chi connectivity index (χ4n) is 2.84. The highest BCUT2D eigenvalue weighted by molar-refractivity contribution is 14.1. The van der Waals surface area contributed by atoms with E-state index in [1.807, 2.05) is 7.05 Å². The van der Waals surface area contributed by atoms with E-state index in [1.165, 1.54) is 11.1 Å². The van der Waals surface area contributed by atoms with Crippen LogP contribution in [0.5, 0.6) is 0 Å². The molecule has 0 spiro atoms. The van der Waals surface area contributed by atoms with Gasteiger partial charge in [0.05, 0.1) is 9.26 Å². The zero-order valence-electron chi connectivity index (χ0n) is 11.8. The second-order valence-corrected chi connectivity index (χ2v) is 6.25. The largest absolute Gasteiger partial charge is 0.372 e. The first-order valence-corrected chi connectivity index (χ1v) is 8.11. The normalized spacial score (nSPS) is 14.3. The summed E-state index contributed by atoms with van der Waals surface area (Å²) in [6.45, 7) is 2.15. The molecule has 0 bridgehead atoms. The molecule has 0 saturated carbocycles. The standard InChI is InChI=1S/C16H18IN3/c1-3-13-14(17)16(18-2)20-15(19-13)12-8-10-6-4-5-7-11(10)9-12/h4-7,12H,3,8-9H2,1-2H3,(H,18,19,20). The van der Waals surface area contributed by atoms with Crippen LogP contribution in [-0.4, -0.2) is 17.0 Å². The smallest absolute Gasteiger partial charge is 0.143 e. The molecule has 0 radical (unpaired) electrons. The summed E-state index contributed by atoms with van der Waals surface area (Å²) in [5.41, 5.74) is 4.04. The molecule has 4 heteroatoms. The van der Waals surface area contributed by atoms with Crippen molar-refractivity contribution in [2.75, 3.05) is 12.4 Å². The van der Waals surface area contributed by atoms with Gasteiger partial charge in [0.1, 0.15) is 11.6 Å². The second kappa shape index (κ2) is 5.68. The van der Waals surface area contributed by atoms with Crippen molar-refractivity contribution >= 4 is 28.4 Å². The number of anilines is 1. The third kappa shape index (κ3) is 2.41. The summed E-state index contributed by atoms with van der Waals surface area (Å²) < 4.78 is 1.15. The molecule has 0 fully saturated rings. The highest BCUT2D eigenvalue weighted by Gasteiger charge is 2.26. The van der Waals surface area contributed by atoms with Crippen LogP contribution in [0.2, 0.25) is 0 Å².